The lowest BCUT2D eigenvalue weighted by Crippen LogP contribution is -2.46. The van der Waals surface area contributed by atoms with E-state index in [0.29, 0.717) is 0 Å². The molecule has 4 rings (SSSR count). The molecule has 3 aromatic rings. The maximum atomic E-state index is 4.53. The molecule has 1 aromatic carbocycles. The first-order chi connectivity index (χ1) is 11.3. The third kappa shape index (κ3) is 2.80. The van der Waals surface area contributed by atoms with E-state index in [9.17, 15) is 0 Å². The number of anilines is 1. The van der Waals surface area contributed by atoms with Crippen LogP contribution in [0.3, 0.4) is 0 Å². The van der Waals surface area contributed by atoms with Crippen molar-refractivity contribution >= 4 is 16.7 Å². The number of aromatic amines is 1. The Hall–Kier alpha value is -2.40. The fraction of sp³-hybridized carbons (Fsp3) is 0.333. The van der Waals surface area contributed by atoms with Crippen LogP contribution in [0.1, 0.15) is 11.3 Å². The van der Waals surface area contributed by atoms with E-state index in [1.807, 2.05) is 18.3 Å². The number of hydrogen-bond donors (Lipinski definition) is 1. The van der Waals surface area contributed by atoms with E-state index in [4.69, 9.17) is 0 Å². The van der Waals surface area contributed by atoms with E-state index in [2.05, 4.69) is 56.2 Å². The molecule has 3 heterocycles. The lowest BCUT2D eigenvalue weighted by molar-refractivity contribution is 0.247. The van der Waals surface area contributed by atoms with Crippen molar-refractivity contribution in [1.29, 1.82) is 0 Å². The molecule has 2 aromatic heterocycles. The summed E-state index contributed by atoms with van der Waals surface area (Å²) in [5.41, 5.74) is 3.51. The second-order valence-corrected chi connectivity index (χ2v) is 6.13. The zero-order chi connectivity index (χ0) is 15.6. The van der Waals surface area contributed by atoms with Gasteiger partial charge < -0.3 is 4.90 Å². The molecule has 0 radical (unpaired) electrons. The quantitative estimate of drug-likeness (QED) is 0.808. The van der Waals surface area contributed by atoms with Gasteiger partial charge in [0.25, 0.3) is 0 Å². The van der Waals surface area contributed by atoms with Crippen molar-refractivity contribution in [2.75, 3.05) is 31.1 Å². The first-order valence-electron chi connectivity index (χ1n) is 8.12. The van der Waals surface area contributed by atoms with Crippen molar-refractivity contribution in [2.45, 2.75) is 13.5 Å². The van der Waals surface area contributed by atoms with Crippen LogP contribution in [0.4, 0.5) is 5.82 Å². The van der Waals surface area contributed by atoms with Gasteiger partial charge in [-0.2, -0.15) is 5.10 Å². The molecule has 1 N–H and O–H groups in total. The topological polar surface area (TPSA) is 48.1 Å². The number of hydrogen-bond acceptors (Lipinski definition) is 4. The second kappa shape index (κ2) is 6.01. The summed E-state index contributed by atoms with van der Waals surface area (Å²) in [7, 11) is 0. The Morgan fingerprint density at radius 3 is 2.70 bits per heavy atom. The van der Waals surface area contributed by atoms with E-state index in [1.54, 1.807) is 0 Å². The Morgan fingerprint density at radius 2 is 1.87 bits per heavy atom. The predicted octanol–water partition coefficient (Wildman–Crippen LogP) is 2.59. The number of benzene rings is 1. The van der Waals surface area contributed by atoms with E-state index in [-0.39, 0.29) is 0 Å². The molecule has 0 saturated carbocycles. The van der Waals surface area contributed by atoms with Gasteiger partial charge in [0.2, 0.25) is 0 Å². The maximum Gasteiger partial charge on any atom is 0.131 e. The molecule has 0 bridgehead atoms. The van der Waals surface area contributed by atoms with Crippen molar-refractivity contribution < 1.29 is 0 Å². The number of nitrogens with zero attached hydrogens (tertiary/aromatic N) is 4. The number of fused-ring (bicyclic) bond motifs is 1. The van der Waals surface area contributed by atoms with Crippen LogP contribution in [0.2, 0.25) is 0 Å². The minimum absolute atomic E-state index is 0.926. The third-order valence-corrected chi connectivity index (χ3v) is 4.58. The fourth-order valence-corrected chi connectivity index (χ4v) is 3.28. The molecule has 0 spiro atoms. The van der Waals surface area contributed by atoms with Gasteiger partial charge in [-0.25, -0.2) is 4.98 Å². The molecule has 0 atom stereocenters. The van der Waals surface area contributed by atoms with Gasteiger partial charge in [0.05, 0.1) is 11.2 Å². The molecule has 0 unspecified atom stereocenters. The van der Waals surface area contributed by atoms with Crippen molar-refractivity contribution in [3.05, 3.63) is 53.9 Å². The highest BCUT2D eigenvalue weighted by molar-refractivity contribution is 5.81. The van der Waals surface area contributed by atoms with Crippen molar-refractivity contribution in [2.24, 2.45) is 0 Å². The van der Waals surface area contributed by atoms with Gasteiger partial charge >= 0.3 is 0 Å². The largest absolute Gasteiger partial charge is 0.354 e. The number of nitrogens with one attached hydrogen (secondary N) is 1. The van der Waals surface area contributed by atoms with Gasteiger partial charge in [-0.1, -0.05) is 24.3 Å². The number of para-hydroxylation sites is 1. The van der Waals surface area contributed by atoms with Crippen LogP contribution in [0, 0.1) is 6.92 Å². The zero-order valence-electron chi connectivity index (χ0n) is 13.4. The predicted molar refractivity (Wildman–Crippen MR) is 92.6 cm³/mol. The summed E-state index contributed by atoms with van der Waals surface area (Å²) in [4.78, 5) is 9.40. The van der Waals surface area contributed by atoms with E-state index in [0.717, 1.165) is 44.1 Å². The number of rotatable bonds is 3. The molecule has 1 aliphatic rings. The minimum Gasteiger partial charge on any atom is -0.354 e. The summed E-state index contributed by atoms with van der Waals surface area (Å²) in [6.07, 6.45) is 1.88. The second-order valence-electron chi connectivity index (χ2n) is 6.13. The molecule has 5 heteroatoms. The van der Waals surface area contributed by atoms with Crippen molar-refractivity contribution in [3.8, 4) is 0 Å². The first kappa shape index (κ1) is 14.2. The fourth-order valence-electron chi connectivity index (χ4n) is 3.28. The van der Waals surface area contributed by atoms with Crippen LogP contribution in [0.5, 0.6) is 0 Å². The zero-order valence-corrected chi connectivity index (χ0v) is 13.4. The van der Waals surface area contributed by atoms with Gasteiger partial charge in [-0.15, -0.1) is 0 Å². The molecule has 23 heavy (non-hydrogen) atoms. The van der Waals surface area contributed by atoms with Crippen LogP contribution < -0.4 is 4.90 Å². The van der Waals surface area contributed by atoms with Crippen LogP contribution in [-0.2, 0) is 6.54 Å². The lowest BCUT2D eigenvalue weighted by Gasteiger charge is -2.35. The van der Waals surface area contributed by atoms with Gasteiger partial charge in [0, 0.05) is 44.3 Å². The van der Waals surface area contributed by atoms with Gasteiger partial charge in [-0.3, -0.25) is 10.00 Å². The van der Waals surface area contributed by atoms with Gasteiger partial charge in [-0.05, 0) is 24.6 Å². The summed E-state index contributed by atoms with van der Waals surface area (Å²) in [6.45, 7) is 7.18. The summed E-state index contributed by atoms with van der Waals surface area (Å²) >= 11 is 0. The monoisotopic (exact) mass is 307 g/mol. The normalized spacial score (nSPS) is 16.1. The van der Waals surface area contributed by atoms with Crippen LogP contribution in [0.15, 0.2) is 42.6 Å². The number of pyridine rings is 1. The lowest BCUT2D eigenvalue weighted by atomic mass is 10.2. The smallest absolute Gasteiger partial charge is 0.131 e. The molecule has 0 amide bonds. The summed E-state index contributed by atoms with van der Waals surface area (Å²) in [5.74, 6) is 1.12. The third-order valence-electron chi connectivity index (χ3n) is 4.58. The molecular weight excluding hydrogens is 286 g/mol. The highest BCUT2D eigenvalue weighted by atomic mass is 15.3. The SMILES string of the molecule is Cc1cccnc1N1CCN(Cc2[nH]nc3ccccc23)CC1. The first-order valence-corrected chi connectivity index (χ1v) is 8.12. The van der Waals surface area contributed by atoms with Gasteiger partial charge in [0.15, 0.2) is 0 Å². The van der Waals surface area contributed by atoms with E-state index in [1.165, 1.54) is 16.6 Å². The number of piperazine rings is 1. The van der Waals surface area contributed by atoms with E-state index < -0.39 is 0 Å². The Labute approximate surface area is 135 Å². The number of aromatic nitrogens is 3. The molecular formula is C18H21N5. The summed E-state index contributed by atoms with van der Waals surface area (Å²) < 4.78 is 0. The molecule has 5 nitrogen and oxygen atoms in total. The molecule has 1 fully saturated rings. The molecule has 0 aliphatic carbocycles. The summed E-state index contributed by atoms with van der Waals surface area (Å²) in [6, 6.07) is 12.4. The average Bonchev–Trinajstić information content (AvgIpc) is 2.99. The molecule has 1 saturated heterocycles. The Kier molecular flexibility index (Phi) is 3.71. The summed E-state index contributed by atoms with van der Waals surface area (Å²) in [5, 5.41) is 8.81. The van der Waals surface area contributed by atoms with E-state index >= 15 is 0 Å². The minimum atomic E-state index is 0.926. The number of aryl methyl sites for hydroxylation is 1. The Bertz CT molecular complexity index is 802. The van der Waals surface area contributed by atoms with Crippen molar-refractivity contribution in [1.82, 2.24) is 20.1 Å². The number of H-pyrrole nitrogens is 1. The standard InChI is InChI=1S/C18H21N5/c1-14-5-4-8-19-18(14)23-11-9-22(10-12-23)13-17-15-6-2-3-7-16(15)20-21-17/h2-8H,9-13H2,1H3,(H,20,21). The van der Waals surface area contributed by atoms with Crippen LogP contribution in [-0.4, -0.2) is 46.3 Å². The molecule has 1 aliphatic heterocycles. The van der Waals surface area contributed by atoms with Gasteiger partial charge in [0.1, 0.15) is 5.82 Å². The molecule has 118 valence electrons. The average molecular weight is 307 g/mol. The highest BCUT2D eigenvalue weighted by Gasteiger charge is 2.20. The van der Waals surface area contributed by atoms with Crippen LogP contribution >= 0.6 is 0 Å². The maximum absolute atomic E-state index is 4.53. The highest BCUT2D eigenvalue weighted by Crippen LogP contribution is 2.20. The van der Waals surface area contributed by atoms with Crippen molar-refractivity contribution in [3.63, 3.8) is 0 Å². The Morgan fingerprint density at radius 1 is 1.04 bits per heavy atom. The van der Waals surface area contributed by atoms with Crippen LogP contribution in [0.25, 0.3) is 10.9 Å². The Balaban J connectivity index is 1.43.